The molecule has 0 saturated heterocycles. The normalized spacial score (nSPS) is 10.9. The highest BCUT2D eigenvalue weighted by atomic mass is 35.5. The summed E-state index contributed by atoms with van der Waals surface area (Å²) in [4.78, 5) is 12.1. The molecule has 0 bridgehead atoms. The Balaban J connectivity index is 2.27. The number of phenols is 1. The van der Waals surface area contributed by atoms with Crippen molar-refractivity contribution in [2.45, 2.75) is 13.8 Å². The molecular weight excluding hydrogens is 272 g/mol. The molecule has 0 saturated carbocycles. The van der Waals surface area contributed by atoms with Crippen molar-refractivity contribution >= 4 is 23.5 Å². The number of phenolic OH excluding ortho intramolecular Hbond substituents is 1. The fourth-order valence-electron chi connectivity index (χ4n) is 1.97. The van der Waals surface area contributed by atoms with Crippen molar-refractivity contribution in [1.82, 2.24) is 0 Å². The number of carbonyl (C=O) groups is 1. The standard InChI is InChI=1S/C17H15ClO2/c1-11-3-4-13(12(2)9-11)5-7-16(19)15-10-14(18)6-8-17(15)20/h3-10,20H,1-2H3/b7-5+. The van der Waals surface area contributed by atoms with Crippen molar-refractivity contribution in [2.75, 3.05) is 0 Å². The lowest BCUT2D eigenvalue weighted by Crippen LogP contribution is -1.95. The summed E-state index contributed by atoms with van der Waals surface area (Å²) in [7, 11) is 0. The van der Waals surface area contributed by atoms with Gasteiger partial charge in [-0.05, 0) is 49.2 Å². The first-order valence-corrected chi connectivity index (χ1v) is 6.63. The molecule has 0 heterocycles. The smallest absolute Gasteiger partial charge is 0.189 e. The average molecular weight is 287 g/mol. The van der Waals surface area contributed by atoms with Crippen LogP contribution in [0.4, 0.5) is 0 Å². The zero-order valence-corrected chi connectivity index (χ0v) is 12.1. The summed E-state index contributed by atoms with van der Waals surface area (Å²) < 4.78 is 0. The van der Waals surface area contributed by atoms with Crippen LogP contribution in [0.1, 0.15) is 27.0 Å². The summed E-state index contributed by atoms with van der Waals surface area (Å²) in [5.74, 6) is -0.338. The molecule has 0 fully saturated rings. The topological polar surface area (TPSA) is 37.3 Å². The predicted octanol–water partition coefficient (Wildman–Crippen LogP) is 4.56. The van der Waals surface area contributed by atoms with Gasteiger partial charge in [0.1, 0.15) is 5.75 Å². The van der Waals surface area contributed by atoms with E-state index in [1.807, 2.05) is 26.0 Å². The number of halogens is 1. The van der Waals surface area contributed by atoms with E-state index < -0.39 is 0 Å². The van der Waals surface area contributed by atoms with E-state index in [1.54, 1.807) is 12.1 Å². The van der Waals surface area contributed by atoms with Gasteiger partial charge in [-0.1, -0.05) is 41.4 Å². The first kappa shape index (κ1) is 14.4. The largest absolute Gasteiger partial charge is 0.507 e. The molecule has 0 aliphatic rings. The van der Waals surface area contributed by atoms with Gasteiger partial charge in [-0.2, -0.15) is 0 Å². The highest BCUT2D eigenvalue weighted by Gasteiger charge is 2.08. The van der Waals surface area contributed by atoms with Gasteiger partial charge in [0.15, 0.2) is 5.78 Å². The minimum absolute atomic E-state index is 0.0651. The van der Waals surface area contributed by atoms with Gasteiger partial charge in [0.05, 0.1) is 5.56 Å². The van der Waals surface area contributed by atoms with Crippen LogP contribution in [0.5, 0.6) is 5.75 Å². The van der Waals surface area contributed by atoms with E-state index in [1.165, 1.54) is 23.8 Å². The van der Waals surface area contributed by atoms with Crippen LogP contribution >= 0.6 is 11.6 Å². The summed E-state index contributed by atoms with van der Waals surface area (Å²) in [5.41, 5.74) is 3.46. The highest BCUT2D eigenvalue weighted by Crippen LogP contribution is 2.22. The molecule has 2 aromatic rings. The molecule has 0 spiro atoms. The Hall–Kier alpha value is -2.06. The SMILES string of the molecule is Cc1ccc(/C=C/C(=O)c2cc(Cl)ccc2O)c(C)c1. The third kappa shape index (κ3) is 3.28. The third-order valence-electron chi connectivity index (χ3n) is 3.06. The zero-order chi connectivity index (χ0) is 14.7. The molecule has 1 N–H and O–H groups in total. The van der Waals surface area contributed by atoms with Gasteiger partial charge in [0.2, 0.25) is 0 Å². The number of allylic oxidation sites excluding steroid dienone is 1. The second kappa shape index (κ2) is 5.93. The fourth-order valence-corrected chi connectivity index (χ4v) is 2.15. The maximum absolute atomic E-state index is 12.1. The lowest BCUT2D eigenvalue weighted by Gasteiger charge is -2.03. The first-order chi connectivity index (χ1) is 9.47. The van der Waals surface area contributed by atoms with Gasteiger partial charge in [0.25, 0.3) is 0 Å². The Morgan fingerprint density at radius 2 is 1.90 bits per heavy atom. The minimum atomic E-state index is -0.273. The van der Waals surface area contributed by atoms with Crippen LogP contribution in [0.25, 0.3) is 6.08 Å². The molecule has 0 amide bonds. The maximum atomic E-state index is 12.1. The molecule has 3 heteroatoms. The molecule has 0 atom stereocenters. The second-order valence-electron chi connectivity index (χ2n) is 4.72. The van der Waals surface area contributed by atoms with Crippen molar-refractivity contribution in [1.29, 1.82) is 0 Å². The maximum Gasteiger partial charge on any atom is 0.189 e. The predicted molar refractivity (Wildman–Crippen MR) is 82.4 cm³/mol. The van der Waals surface area contributed by atoms with E-state index in [9.17, 15) is 9.90 Å². The monoisotopic (exact) mass is 286 g/mol. The Morgan fingerprint density at radius 1 is 1.15 bits per heavy atom. The summed E-state index contributed by atoms with van der Waals surface area (Å²) in [6.45, 7) is 4.02. The van der Waals surface area contributed by atoms with Crippen LogP contribution in [-0.4, -0.2) is 10.9 Å². The van der Waals surface area contributed by atoms with Crippen LogP contribution in [-0.2, 0) is 0 Å². The number of aromatic hydroxyl groups is 1. The number of carbonyl (C=O) groups excluding carboxylic acids is 1. The number of hydrogen-bond acceptors (Lipinski definition) is 2. The van der Waals surface area contributed by atoms with Crippen LogP contribution < -0.4 is 0 Å². The van der Waals surface area contributed by atoms with E-state index in [4.69, 9.17) is 11.6 Å². The van der Waals surface area contributed by atoms with Crippen molar-refractivity contribution in [3.8, 4) is 5.75 Å². The molecule has 20 heavy (non-hydrogen) atoms. The number of aryl methyl sites for hydroxylation is 2. The second-order valence-corrected chi connectivity index (χ2v) is 5.16. The van der Waals surface area contributed by atoms with Gasteiger partial charge >= 0.3 is 0 Å². The molecule has 0 aliphatic heterocycles. The van der Waals surface area contributed by atoms with E-state index >= 15 is 0 Å². The van der Waals surface area contributed by atoms with Crippen molar-refractivity contribution in [2.24, 2.45) is 0 Å². The highest BCUT2D eigenvalue weighted by molar-refractivity contribution is 6.31. The van der Waals surface area contributed by atoms with Gasteiger partial charge in [-0.15, -0.1) is 0 Å². The summed E-state index contributed by atoms with van der Waals surface area (Å²) in [6, 6.07) is 10.4. The lowest BCUT2D eigenvalue weighted by atomic mass is 10.0. The average Bonchev–Trinajstić information content (AvgIpc) is 2.40. The number of rotatable bonds is 3. The van der Waals surface area contributed by atoms with Crippen LogP contribution in [0.2, 0.25) is 5.02 Å². The summed E-state index contributed by atoms with van der Waals surface area (Å²) in [6.07, 6.45) is 3.19. The Bertz CT molecular complexity index is 687. The van der Waals surface area contributed by atoms with Crippen molar-refractivity contribution in [3.05, 3.63) is 69.8 Å². The van der Waals surface area contributed by atoms with Gasteiger partial charge < -0.3 is 5.11 Å². The summed E-state index contributed by atoms with van der Waals surface area (Å²) in [5, 5.41) is 10.1. The van der Waals surface area contributed by atoms with Crippen LogP contribution in [0.3, 0.4) is 0 Å². The Kier molecular flexibility index (Phi) is 4.26. The van der Waals surface area contributed by atoms with Gasteiger partial charge in [0, 0.05) is 5.02 Å². The first-order valence-electron chi connectivity index (χ1n) is 6.25. The number of ketones is 1. The van der Waals surface area contributed by atoms with Crippen molar-refractivity contribution < 1.29 is 9.90 Å². The van der Waals surface area contributed by atoms with E-state index in [-0.39, 0.29) is 17.1 Å². The number of hydrogen-bond donors (Lipinski definition) is 1. The molecule has 0 radical (unpaired) electrons. The molecule has 102 valence electrons. The van der Waals surface area contributed by atoms with Crippen LogP contribution in [0.15, 0.2) is 42.5 Å². The van der Waals surface area contributed by atoms with Crippen molar-refractivity contribution in [3.63, 3.8) is 0 Å². The van der Waals surface area contributed by atoms with E-state index in [2.05, 4.69) is 6.07 Å². The number of benzene rings is 2. The molecule has 2 rings (SSSR count). The summed E-state index contributed by atoms with van der Waals surface area (Å²) >= 11 is 5.83. The Morgan fingerprint density at radius 3 is 2.60 bits per heavy atom. The van der Waals surface area contributed by atoms with Gasteiger partial charge in [-0.25, -0.2) is 0 Å². The molecule has 0 unspecified atom stereocenters. The third-order valence-corrected chi connectivity index (χ3v) is 3.30. The minimum Gasteiger partial charge on any atom is -0.507 e. The molecule has 0 aromatic heterocycles. The van der Waals surface area contributed by atoms with E-state index in [0.29, 0.717) is 5.02 Å². The molecular formula is C17H15ClO2. The lowest BCUT2D eigenvalue weighted by molar-refractivity contribution is 0.104. The fraction of sp³-hybridized carbons (Fsp3) is 0.118. The quantitative estimate of drug-likeness (QED) is 0.663. The zero-order valence-electron chi connectivity index (χ0n) is 11.4. The van der Waals surface area contributed by atoms with Crippen LogP contribution in [0, 0.1) is 13.8 Å². The molecule has 0 aliphatic carbocycles. The Labute approximate surface area is 123 Å². The van der Waals surface area contributed by atoms with E-state index in [0.717, 1.165) is 11.1 Å². The molecule has 2 aromatic carbocycles. The van der Waals surface area contributed by atoms with Gasteiger partial charge in [-0.3, -0.25) is 4.79 Å². The molecule has 2 nitrogen and oxygen atoms in total.